The minimum absolute atomic E-state index is 0.236. The lowest BCUT2D eigenvalue weighted by Gasteiger charge is -2.34. The fraction of sp³-hybridized carbons (Fsp3) is 0.556. The van der Waals surface area contributed by atoms with E-state index in [0.717, 1.165) is 36.6 Å². The molecule has 3 unspecified atom stereocenters. The van der Waals surface area contributed by atoms with Gasteiger partial charge >= 0.3 is 0 Å². The maximum Gasteiger partial charge on any atom is 0.0834 e. The Kier molecular flexibility index (Phi) is 5.47. The smallest absolute Gasteiger partial charge is 0.0834 e. The summed E-state index contributed by atoms with van der Waals surface area (Å²) in [7, 11) is 0. The lowest BCUT2D eigenvalue weighted by atomic mass is 9.85. The molecule has 1 fully saturated rings. The van der Waals surface area contributed by atoms with Crippen molar-refractivity contribution in [1.29, 1.82) is 0 Å². The second-order valence-electron chi connectivity index (χ2n) is 9.75. The molecule has 0 radical (unpaired) electrons. The molecular formula is C27H33ClO. The second-order valence-corrected chi connectivity index (χ2v) is 10.1. The van der Waals surface area contributed by atoms with Crippen molar-refractivity contribution < 1.29 is 4.74 Å². The van der Waals surface area contributed by atoms with Crippen molar-refractivity contribution in [2.24, 2.45) is 5.92 Å². The molecular weight excluding hydrogens is 376 g/mol. The number of benzene rings is 2. The third kappa shape index (κ3) is 3.89. The lowest BCUT2D eigenvalue weighted by molar-refractivity contribution is -0.0608. The standard InChI is InChI=1S/C27H33ClO/c1-17-12-18(2)29-26(13-17)25-16-22(27(28)24-9-5-8-23(24)25)15-19-10-11-20-6-3-4-7-21(20)14-19/h10-11,14,16-18,26H,3-9,12-13,15H2,1-2H3. The Hall–Kier alpha value is -1.31. The highest BCUT2D eigenvalue weighted by molar-refractivity contribution is 6.32. The van der Waals surface area contributed by atoms with Gasteiger partial charge in [-0.2, -0.15) is 0 Å². The van der Waals surface area contributed by atoms with Gasteiger partial charge in [0.2, 0.25) is 0 Å². The lowest BCUT2D eigenvalue weighted by Crippen LogP contribution is -2.25. The summed E-state index contributed by atoms with van der Waals surface area (Å²) >= 11 is 6.97. The van der Waals surface area contributed by atoms with Crippen LogP contribution in [-0.2, 0) is 36.8 Å². The Bertz CT molecular complexity index is 905. The Morgan fingerprint density at radius 1 is 0.897 bits per heavy atom. The Morgan fingerprint density at radius 2 is 1.69 bits per heavy atom. The molecule has 5 rings (SSSR count). The number of rotatable bonds is 3. The van der Waals surface area contributed by atoms with Gasteiger partial charge in [-0.05, 0) is 116 Å². The van der Waals surface area contributed by atoms with Gasteiger partial charge in [0.1, 0.15) is 0 Å². The molecule has 0 spiro atoms. The van der Waals surface area contributed by atoms with Crippen molar-refractivity contribution in [3.8, 4) is 0 Å². The van der Waals surface area contributed by atoms with E-state index in [-0.39, 0.29) is 6.10 Å². The van der Waals surface area contributed by atoms with Crippen LogP contribution < -0.4 is 0 Å². The van der Waals surface area contributed by atoms with Gasteiger partial charge < -0.3 is 4.74 Å². The fourth-order valence-corrected chi connectivity index (χ4v) is 6.32. The first-order valence-corrected chi connectivity index (χ1v) is 12.1. The topological polar surface area (TPSA) is 9.23 Å². The molecule has 154 valence electrons. The van der Waals surface area contributed by atoms with Gasteiger partial charge in [0, 0.05) is 5.02 Å². The Labute approximate surface area is 180 Å². The summed E-state index contributed by atoms with van der Waals surface area (Å²) in [6.45, 7) is 4.60. The van der Waals surface area contributed by atoms with E-state index in [2.05, 4.69) is 38.1 Å². The molecule has 3 atom stereocenters. The summed E-state index contributed by atoms with van der Waals surface area (Å²) in [5.41, 5.74) is 10.2. The zero-order valence-electron chi connectivity index (χ0n) is 17.9. The number of aryl methyl sites for hydroxylation is 2. The summed E-state index contributed by atoms with van der Waals surface area (Å²) in [6.07, 6.45) is 12.5. The highest BCUT2D eigenvalue weighted by Gasteiger charge is 2.31. The van der Waals surface area contributed by atoms with Crippen LogP contribution in [0.2, 0.25) is 5.02 Å². The summed E-state index contributed by atoms with van der Waals surface area (Å²) < 4.78 is 6.44. The number of ether oxygens (including phenoxy) is 1. The Morgan fingerprint density at radius 3 is 2.52 bits per heavy atom. The third-order valence-corrected chi connectivity index (χ3v) is 7.82. The Balaban J connectivity index is 1.50. The molecule has 1 aliphatic heterocycles. The number of fused-ring (bicyclic) bond motifs is 2. The molecule has 2 aliphatic carbocycles. The van der Waals surface area contributed by atoms with Gasteiger partial charge in [0.25, 0.3) is 0 Å². The van der Waals surface area contributed by atoms with Crippen molar-refractivity contribution in [3.05, 3.63) is 68.2 Å². The molecule has 29 heavy (non-hydrogen) atoms. The van der Waals surface area contributed by atoms with Crippen LogP contribution in [0.15, 0.2) is 24.3 Å². The van der Waals surface area contributed by atoms with E-state index in [1.165, 1.54) is 66.3 Å². The van der Waals surface area contributed by atoms with Gasteiger partial charge in [-0.1, -0.05) is 42.8 Å². The predicted molar refractivity (Wildman–Crippen MR) is 121 cm³/mol. The predicted octanol–water partition coefficient (Wildman–Crippen LogP) is 7.17. The quantitative estimate of drug-likeness (QED) is 0.522. The zero-order chi connectivity index (χ0) is 20.0. The normalized spacial score (nSPS) is 26.2. The molecule has 2 aromatic rings. The molecule has 0 amide bonds. The molecule has 0 N–H and O–H groups in total. The van der Waals surface area contributed by atoms with Crippen LogP contribution in [0.3, 0.4) is 0 Å². The average Bonchev–Trinajstić information content (AvgIpc) is 3.19. The maximum absolute atomic E-state index is 6.97. The first-order valence-electron chi connectivity index (χ1n) is 11.7. The van der Waals surface area contributed by atoms with Crippen LogP contribution in [-0.4, -0.2) is 6.10 Å². The number of hydrogen-bond acceptors (Lipinski definition) is 1. The number of hydrogen-bond donors (Lipinski definition) is 0. The molecule has 2 heteroatoms. The van der Waals surface area contributed by atoms with E-state index >= 15 is 0 Å². The molecule has 3 aliphatic rings. The average molecular weight is 409 g/mol. The summed E-state index contributed by atoms with van der Waals surface area (Å²) in [5, 5.41) is 1.02. The molecule has 0 saturated carbocycles. The van der Waals surface area contributed by atoms with Crippen molar-refractivity contribution in [1.82, 2.24) is 0 Å². The summed E-state index contributed by atoms with van der Waals surface area (Å²) in [4.78, 5) is 0. The SMILES string of the molecule is CC1CC(C)OC(c2cc(Cc3ccc4c(c3)CCCC4)c(Cl)c3c2CCC3)C1. The van der Waals surface area contributed by atoms with Crippen molar-refractivity contribution in [2.75, 3.05) is 0 Å². The van der Waals surface area contributed by atoms with Crippen LogP contribution in [0.5, 0.6) is 0 Å². The molecule has 1 heterocycles. The molecule has 1 nitrogen and oxygen atoms in total. The molecule has 0 aromatic heterocycles. The van der Waals surface area contributed by atoms with Crippen molar-refractivity contribution in [2.45, 2.75) is 90.3 Å². The van der Waals surface area contributed by atoms with Gasteiger partial charge in [-0.3, -0.25) is 0 Å². The summed E-state index contributed by atoms with van der Waals surface area (Å²) in [6, 6.07) is 9.54. The highest BCUT2D eigenvalue weighted by Crippen LogP contribution is 2.43. The van der Waals surface area contributed by atoms with E-state index in [9.17, 15) is 0 Å². The first-order chi connectivity index (χ1) is 14.1. The van der Waals surface area contributed by atoms with Crippen LogP contribution in [0, 0.1) is 5.92 Å². The van der Waals surface area contributed by atoms with Crippen LogP contribution in [0.4, 0.5) is 0 Å². The van der Waals surface area contributed by atoms with Gasteiger partial charge in [0.15, 0.2) is 0 Å². The fourth-order valence-electron chi connectivity index (χ4n) is 5.99. The van der Waals surface area contributed by atoms with Gasteiger partial charge in [0.05, 0.1) is 12.2 Å². The third-order valence-electron chi connectivity index (χ3n) is 7.34. The van der Waals surface area contributed by atoms with Crippen LogP contribution >= 0.6 is 11.6 Å². The van der Waals surface area contributed by atoms with Gasteiger partial charge in [-0.15, -0.1) is 0 Å². The number of halogens is 1. The van der Waals surface area contributed by atoms with E-state index in [1.54, 1.807) is 11.1 Å². The second kappa shape index (κ2) is 8.08. The minimum atomic E-state index is 0.236. The van der Waals surface area contributed by atoms with E-state index in [1.807, 2.05) is 0 Å². The van der Waals surface area contributed by atoms with Crippen molar-refractivity contribution in [3.63, 3.8) is 0 Å². The zero-order valence-corrected chi connectivity index (χ0v) is 18.7. The monoisotopic (exact) mass is 408 g/mol. The maximum atomic E-state index is 6.97. The minimum Gasteiger partial charge on any atom is -0.371 e. The first kappa shape index (κ1) is 19.6. The molecule has 1 saturated heterocycles. The van der Waals surface area contributed by atoms with E-state index in [4.69, 9.17) is 16.3 Å². The van der Waals surface area contributed by atoms with E-state index in [0.29, 0.717) is 6.10 Å². The van der Waals surface area contributed by atoms with Crippen LogP contribution in [0.25, 0.3) is 0 Å². The van der Waals surface area contributed by atoms with Crippen LogP contribution in [0.1, 0.15) is 91.0 Å². The molecule has 2 aromatic carbocycles. The highest BCUT2D eigenvalue weighted by atomic mass is 35.5. The summed E-state index contributed by atoms with van der Waals surface area (Å²) in [5.74, 6) is 0.723. The molecule has 0 bridgehead atoms. The van der Waals surface area contributed by atoms with Crippen molar-refractivity contribution >= 4 is 11.6 Å². The van der Waals surface area contributed by atoms with E-state index < -0.39 is 0 Å². The largest absolute Gasteiger partial charge is 0.371 e. The van der Waals surface area contributed by atoms with Gasteiger partial charge in [-0.25, -0.2) is 0 Å².